The van der Waals surface area contributed by atoms with E-state index in [1.54, 1.807) is 56.3 Å². The highest BCUT2D eigenvalue weighted by Crippen LogP contribution is 2.28. The third kappa shape index (κ3) is 5.48. The van der Waals surface area contributed by atoms with Crippen LogP contribution in [-0.4, -0.2) is 35.2 Å². The molecule has 0 atom stereocenters. The van der Waals surface area contributed by atoms with E-state index in [0.29, 0.717) is 22.3 Å². The van der Waals surface area contributed by atoms with Gasteiger partial charge < -0.3 is 15.2 Å². The monoisotopic (exact) mass is 433 g/mol. The Balaban J connectivity index is 1.57. The van der Waals surface area contributed by atoms with E-state index in [2.05, 4.69) is 15.8 Å². The van der Waals surface area contributed by atoms with Crippen LogP contribution < -0.4 is 10.7 Å². The van der Waals surface area contributed by atoms with Crippen LogP contribution in [0.25, 0.3) is 10.8 Å². The molecule has 0 aromatic heterocycles. The number of phenols is 1. The summed E-state index contributed by atoms with van der Waals surface area (Å²) in [6.07, 6.45) is -0.0520. The van der Waals surface area contributed by atoms with Crippen molar-refractivity contribution >= 4 is 40.0 Å². The molecule has 3 rings (SSSR count). The van der Waals surface area contributed by atoms with Crippen molar-refractivity contribution in [2.24, 2.45) is 5.10 Å². The van der Waals surface area contributed by atoms with Gasteiger partial charge >= 0.3 is 5.97 Å². The number of carbonyl (C=O) groups is 3. The molecular weight excluding hydrogens is 410 g/mol. The fourth-order valence-electron chi connectivity index (χ4n) is 3.03. The molecule has 0 spiro atoms. The lowest BCUT2D eigenvalue weighted by atomic mass is 10.1. The smallest absolute Gasteiger partial charge is 0.338 e. The number of esters is 1. The Hall–Kier alpha value is -4.20. The predicted molar refractivity (Wildman–Crippen MR) is 122 cm³/mol. The quantitative estimate of drug-likeness (QED) is 0.297. The van der Waals surface area contributed by atoms with Crippen LogP contribution in [0.2, 0.25) is 0 Å². The van der Waals surface area contributed by atoms with E-state index in [0.717, 1.165) is 5.39 Å². The van der Waals surface area contributed by atoms with Crippen molar-refractivity contribution in [3.63, 3.8) is 0 Å². The predicted octanol–water partition coefficient (Wildman–Crippen LogP) is 3.86. The largest absolute Gasteiger partial charge is 0.506 e. The lowest BCUT2D eigenvalue weighted by molar-refractivity contribution is -0.115. The number of hydrazone groups is 1. The molecule has 3 aromatic carbocycles. The van der Waals surface area contributed by atoms with Gasteiger partial charge in [0, 0.05) is 16.8 Å². The summed E-state index contributed by atoms with van der Waals surface area (Å²) in [5, 5.41) is 18.4. The highest BCUT2D eigenvalue weighted by Gasteiger charge is 2.14. The van der Waals surface area contributed by atoms with E-state index in [9.17, 15) is 19.5 Å². The molecule has 0 heterocycles. The Bertz CT molecular complexity index is 1190. The molecule has 3 aromatic rings. The van der Waals surface area contributed by atoms with Gasteiger partial charge in [0.25, 0.3) is 5.91 Å². The number of aromatic hydroxyl groups is 1. The summed E-state index contributed by atoms with van der Waals surface area (Å²) >= 11 is 0. The first-order valence-corrected chi connectivity index (χ1v) is 10.00. The van der Waals surface area contributed by atoms with Crippen molar-refractivity contribution in [1.29, 1.82) is 0 Å². The number of nitrogens with one attached hydrogen (secondary N) is 2. The number of nitrogens with zero attached hydrogens (tertiary/aromatic N) is 1. The van der Waals surface area contributed by atoms with Crippen molar-refractivity contribution in [3.05, 3.63) is 71.8 Å². The summed E-state index contributed by atoms with van der Waals surface area (Å²) in [4.78, 5) is 36.3. The second-order valence-corrected chi connectivity index (χ2v) is 6.99. The standard InChI is InChI=1S/C24H23N3O5/c1-3-32-24(31)17-8-11-18(12-9-17)25-21(28)14-15(2)26-27-23(30)20-13-10-16-6-4-5-7-19(16)22(20)29/h4-13,29H,3,14H2,1-2H3,(H,25,28)(H,27,30)/b26-15+. The number of rotatable bonds is 7. The Kier molecular flexibility index (Phi) is 7.17. The molecule has 8 heteroatoms. The van der Waals surface area contributed by atoms with Gasteiger partial charge in [-0.25, -0.2) is 10.2 Å². The van der Waals surface area contributed by atoms with Gasteiger partial charge in [-0.3, -0.25) is 9.59 Å². The van der Waals surface area contributed by atoms with E-state index < -0.39 is 11.9 Å². The lowest BCUT2D eigenvalue weighted by Gasteiger charge is -2.08. The van der Waals surface area contributed by atoms with E-state index in [-0.39, 0.29) is 30.2 Å². The maximum atomic E-state index is 12.4. The summed E-state index contributed by atoms with van der Waals surface area (Å²) in [6.45, 7) is 3.61. The maximum absolute atomic E-state index is 12.4. The van der Waals surface area contributed by atoms with Crippen LogP contribution in [0.3, 0.4) is 0 Å². The third-order valence-electron chi connectivity index (χ3n) is 4.59. The van der Waals surface area contributed by atoms with Crippen molar-refractivity contribution in [1.82, 2.24) is 5.43 Å². The minimum Gasteiger partial charge on any atom is -0.506 e. The van der Waals surface area contributed by atoms with Gasteiger partial charge in [0.2, 0.25) is 5.91 Å². The summed E-state index contributed by atoms with van der Waals surface area (Å²) in [5.41, 5.74) is 3.73. The minimum absolute atomic E-state index is 0.0520. The molecule has 0 unspecified atom stereocenters. The average molecular weight is 433 g/mol. The molecule has 0 fully saturated rings. The normalized spacial score (nSPS) is 11.1. The van der Waals surface area contributed by atoms with Crippen LogP contribution in [0.5, 0.6) is 5.75 Å². The van der Waals surface area contributed by atoms with Crippen molar-refractivity contribution in [2.75, 3.05) is 11.9 Å². The van der Waals surface area contributed by atoms with Crippen LogP contribution in [0.1, 0.15) is 41.0 Å². The number of amides is 2. The first-order chi connectivity index (χ1) is 15.4. The molecule has 0 aliphatic carbocycles. The number of hydrogen-bond acceptors (Lipinski definition) is 6. The number of ether oxygens (including phenoxy) is 1. The highest BCUT2D eigenvalue weighted by molar-refractivity contribution is 6.07. The first kappa shape index (κ1) is 22.5. The maximum Gasteiger partial charge on any atom is 0.338 e. The molecule has 3 N–H and O–H groups in total. The van der Waals surface area contributed by atoms with E-state index >= 15 is 0 Å². The van der Waals surface area contributed by atoms with Crippen molar-refractivity contribution in [2.45, 2.75) is 20.3 Å². The van der Waals surface area contributed by atoms with Crippen molar-refractivity contribution < 1.29 is 24.2 Å². The van der Waals surface area contributed by atoms with E-state index in [1.807, 2.05) is 12.1 Å². The second kappa shape index (κ2) is 10.2. The zero-order chi connectivity index (χ0) is 23.1. The molecule has 0 saturated heterocycles. The number of anilines is 1. The molecule has 0 radical (unpaired) electrons. The van der Waals surface area contributed by atoms with Crippen LogP contribution in [0.15, 0.2) is 65.8 Å². The molecule has 0 aliphatic rings. The number of carbonyl (C=O) groups excluding carboxylic acids is 3. The molecule has 8 nitrogen and oxygen atoms in total. The van der Waals surface area contributed by atoms with Gasteiger partial charge in [-0.05, 0) is 49.6 Å². The summed E-state index contributed by atoms with van der Waals surface area (Å²) < 4.78 is 4.92. The minimum atomic E-state index is -0.581. The average Bonchev–Trinajstić information content (AvgIpc) is 2.78. The molecule has 0 bridgehead atoms. The fourth-order valence-corrected chi connectivity index (χ4v) is 3.03. The fraction of sp³-hybridized carbons (Fsp3) is 0.167. The summed E-state index contributed by atoms with van der Waals surface area (Å²) in [7, 11) is 0. The Morgan fingerprint density at radius 3 is 2.44 bits per heavy atom. The lowest BCUT2D eigenvalue weighted by Crippen LogP contribution is -2.21. The number of hydrogen-bond donors (Lipinski definition) is 3. The van der Waals surface area contributed by atoms with Crippen molar-refractivity contribution in [3.8, 4) is 5.75 Å². The molecule has 0 saturated carbocycles. The van der Waals surface area contributed by atoms with Gasteiger partial charge in [-0.1, -0.05) is 30.3 Å². The number of benzene rings is 3. The second-order valence-electron chi connectivity index (χ2n) is 6.99. The Labute approximate surface area is 184 Å². The SMILES string of the molecule is CCOC(=O)c1ccc(NC(=O)C/C(C)=N/NC(=O)c2ccc3ccccc3c2O)cc1. The zero-order valence-electron chi connectivity index (χ0n) is 17.7. The van der Waals surface area contributed by atoms with E-state index in [4.69, 9.17) is 4.74 Å². The summed E-state index contributed by atoms with van der Waals surface area (Å²) in [6, 6.07) is 16.7. The first-order valence-electron chi connectivity index (χ1n) is 10.00. The van der Waals surface area contributed by atoms with E-state index in [1.165, 1.54) is 6.07 Å². The van der Waals surface area contributed by atoms with Gasteiger partial charge in [0.1, 0.15) is 5.75 Å². The number of fused-ring (bicyclic) bond motifs is 1. The topological polar surface area (TPSA) is 117 Å². The molecule has 2 amide bonds. The summed E-state index contributed by atoms with van der Waals surface area (Å²) in [5.74, 6) is -1.47. The molecule has 32 heavy (non-hydrogen) atoms. The molecule has 0 aliphatic heterocycles. The van der Waals surface area contributed by atoms with Crippen LogP contribution in [0, 0.1) is 0 Å². The van der Waals surface area contributed by atoms with Gasteiger partial charge in [0.05, 0.1) is 24.2 Å². The zero-order valence-corrected chi connectivity index (χ0v) is 17.7. The van der Waals surface area contributed by atoms with Gasteiger partial charge in [-0.15, -0.1) is 0 Å². The van der Waals surface area contributed by atoms with Gasteiger partial charge in [-0.2, -0.15) is 5.10 Å². The van der Waals surface area contributed by atoms with Crippen LogP contribution in [0.4, 0.5) is 5.69 Å². The highest BCUT2D eigenvalue weighted by atomic mass is 16.5. The molecule has 164 valence electrons. The van der Waals surface area contributed by atoms with Crippen LogP contribution in [-0.2, 0) is 9.53 Å². The number of phenolic OH excluding ortho intramolecular Hbond substituents is 1. The Morgan fingerprint density at radius 1 is 1.00 bits per heavy atom. The third-order valence-corrected chi connectivity index (χ3v) is 4.59. The Morgan fingerprint density at radius 2 is 1.72 bits per heavy atom. The molecular formula is C24H23N3O5. The van der Waals surface area contributed by atoms with Gasteiger partial charge in [0.15, 0.2) is 0 Å². The van der Waals surface area contributed by atoms with Crippen LogP contribution >= 0.6 is 0 Å².